The third-order valence-corrected chi connectivity index (χ3v) is 4.28. The SMILES string of the molecule is CC=C1[C@H]2C=C(CO)C[C@]1(N)c1ccc(=O)[nH]c1C2. The molecule has 0 spiro atoms. The van der Waals surface area contributed by atoms with Crippen molar-refractivity contribution >= 4 is 0 Å². The summed E-state index contributed by atoms with van der Waals surface area (Å²) in [6.07, 6.45) is 5.52. The lowest BCUT2D eigenvalue weighted by Crippen LogP contribution is -2.48. The van der Waals surface area contributed by atoms with Crippen LogP contribution in [0, 0.1) is 5.92 Å². The summed E-state index contributed by atoms with van der Waals surface area (Å²) >= 11 is 0. The van der Waals surface area contributed by atoms with E-state index in [2.05, 4.69) is 17.1 Å². The van der Waals surface area contributed by atoms with Gasteiger partial charge < -0.3 is 15.8 Å². The number of aliphatic hydroxyl groups excluding tert-OH is 1. The van der Waals surface area contributed by atoms with E-state index in [1.165, 1.54) is 11.6 Å². The molecule has 3 rings (SSSR count). The fourth-order valence-electron chi connectivity index (χ4n) is 3.54. The van der Waals surface area contributed by atoms with Gasteiger partial charge in [0.15, 0.2) is 0 Å². The van der Waals surface area contributed by atoms with Gasteiger partial charge in [0.2, 0.25) is 5.56 Å². The highest BCUT2D eigenvalue weighted by Gasteiger charge is 2.44. The summed E-state index contributed by atoms with van der Waals surface area (Å²) in [5, 5.41) is 9.41. The summed E-state index contributed by atoms with van der Waals surface area (Å²) in [6, 6.07) is 3.35. The number of nitrogens with two attached hydrogens (primary N) is 1. The molecule has 2 aliphatic carbocycles. The van der Waals surface area contributed by atoms with Crippen LogP contribution in [0.15, 0.2) is 40.2 Å². The minimum atomic E-state index is -0.593. The number of H-pyrrole nitrogens is 1. The number of hydrogen-bond acceptors (Lipinski definition) is 3. The predicted molar refractivity (Wildman–Crippen MR) is 73.7 cm³/mol. The zero-order chi connectivity index (χ0) is 13.6. The molecule has 0 saturated heterocycles. The van der Waals surface area contributed by atoms with E-state index in [9.17, 15) is 9.90 Å². The molecule has 4 nitrogen and oxygen atoms in total. The fraction of sp³-hybridized carbons (Fsp3) is 0.400. The molecule has 100 valence electrons. The minimum absolute atomic E-state index is 0.0468. The highest BCUT2D eigenvalue weighted by Crippen LogP contribution is 2.47. The van der Waals surface area contributed by atoms with Gasteiger partial charge in [-0.2, -0.15) is 0 Å². The molecular weight excluding hydrogens is 240 g/mol. The molecule has 0 aromatic carbocycles. The van der Waals surface area contributed by atoms with Gasteiger partial charge in [0.1, 0.15) is 0 Å². The maximum absolute atomic E-state index is 11.5. The first-order valence-corrected chi connectivity index (χ1v) is 6.57. The molecule has 4 N–H and O–H groups in total. The molecule has 4 heteroatoms. The van der Waals surface area contributed by atoms with Crippen LogP contribution >= 0.6 is 0 Å². The number of hydrogen-bond donors (Lipinski definition) is 3. The first-order valence-electron chi connectivity index (χ1n) is 6.57. The van der Waals surface area contributed by atoms with Gasteiger partial charge in [0, 0.05) is 17.7 Å². The molecule has 2 atom stereocenters. The van der Waals surface area contributed by atoms with E-state index >= 15 is 0 Å². The maximum atomic E-state index is 11.5. The fourth-order valence-corrected chi connectivity index (χ4v) is 3.54. The summed E-state index contributed by atoms with van der Waals surface area (Å²) in [5.41, 5.74) is 10.0. The lowest BCUT2D eigenvalue weighted by atomic mass is 9.63. The van der Waals surface area contributed by atoms with E-state index in [1.54, 1.807) is 0 Å². The third kappa shape index (κ3) is 1.71. The van der Waals surface area contributed by atoms with E-state index in [0.717, 1.165) is 23.3 Å². The highest BCUT2D eigenvalue weighted by atomic mass is 16.3. The molecule has 1 heterocycles. The van der Waals surface area contributed by atoms with Crippen molar-refractivity contribution in [2.75, 3.05) is 6.61 Å². The van der Waals surface area contributed by atoms with E-state index in [1.807, 2.05) is 13.0 Å². The van der Waals surface area contributed by atoms with Crippen molar-refractivity contribution in [2.24, 2.45) is 11.7 Å². The Morgan fingerprint density at radius 2 is 2.37 bits per heavy atom. The Morgan fingerprint density at radius 1 is 1.58 bits per heavy atom. The second-order valence-corrected chi connectivity index (χ2v) is 5.40. The smallest absolute Gasteiger partial charge is 0.248 e. The first-order chi connectivity index (χ1) is 9.08. The van der Waals surface area contributed by atoms with Gasteiger partial charge in [-0.15, -0.1) is 0 Å². The minimum Gasteiger partial charge on any atom is -0.392 e. The topological polar surface area (TPSA) is 79.1 Å². The van der Waals surface area contributed by atoms with Gasteiger partial charge >= 0.3 is 0 Å². The quantitative estimate of drug-likeness (QED) is 0.657. The summed E-state index contributed by atoms with van der Waals surface area (Å²) in [5.74, 6) is 0.177. The van der Waals surface area contributed by atoms with E-state index < -0.39 is 5.54 Å². The van der Waals surface area contributed by atoms with Crippen LogP contribution in [-0.2, 0) is 12.0 Å². The number of fused-ring (bicyclic) bond motifs is 4. The van der Waals surface area contributed by atoms with E-state index in [0.29, 0.717) is 6.42 Å². The molecule has 19 heavy (non-hydrogen) atoms. The number of aliphatic hydroxyl groups is 1. The lowest BCUT2D eigenvalue weighted by molar-refractivity contribution is 0.303. The Kier molecular flexibility index (Phi) is 2.73. The molecule has 1 aromatic rings. The Balaban J connectivity index is 2.24. The molecule has 0 radical (unpaired) electrons. The first kappa shape index (κ1) is 12.4. The van der Waals surface area contributed by atoms with Crippen molar-refractivity contribution in [1.82, 2.24) is 4.98 Å². The zero-order valence-electron chi connectivity index (χ0n) is 10.9. The molecular formula is C15H18N2O2. The molecule has 0 saturated carbocycles. The van der Waals surface area contributed by atoms with Gasteiger partial charge in [0.25, 0.3) is 0 Å². The Hall–Kier alpha value is -1.65. The molecule has 1 aromatic heterocycles. The number of pyridine rings is 1. The van der Waals surface area contributed by atoms with Crippen LogP contribution in [0.5, 0.6) is 0 Å². The van der Waals surface area contributed by atoms with Gasteiger partial charge in [-0.25, -0.2) is 0 Å². The number of nitrogens with one attached hydrogen (secondary N) is 1. The normalized spacial score (nSPS) is 31.0. The van der Waals surface area contributed by atoms with Crippen LogP contribution in [-0.4, -0.2) is 16.7 Å². The monoisotopic (exact) mass is 258 g/mol. The molecule has 0 amide bonds. The van der Waals surface area contributed by atoms with Crippen molar-refractivity contribution in [3.05, 3.63) is 57.0 Å². The molecule has 2 aliphatic rings. The Morgan fingerprint density at radius 3 is 3.05 bits per heavy atom. The summed E-state index contributed by atoms with van der Waals surface area (Å²) in [4.78, 5) is 14.4. The Labute approximate surface area is 111 Å². The largest absolute Gasteiger partial charge is 0.392 e. The average Bonchev–Trinajstić information content (AvgIpc) is 2.37. The average molecular weight is 258 g/mol. The zero-order valence-corrected chi connectivity index (χ0v) is 10.9. The van der Waals surface area contributed by atoms with Crippen molar-refractivity contribution in [1.29, 1.82) is 0 Å². The van der Waals surface area contributed by atoms with Crippen LogP contribution < -0.4 is 11.3 Å². The van der Waals surface area contributed by atoms with Crippen LogP contribution in [0.25, 0.3) is 0 Å². The molecule has 0 unspecified atom stereocenters. The summed E-state index contributed by atoms with van der Waals surface area (Å²) in [7, 11) is 0. The molecule has 2 bridgehead atoms. The van der Waals surface area contributed by atoms with E-state index in [-0.39, 0.29) is 18.1 Å². The lowest BCUT2D eigenvalue weighted by Gasteiger charge is -2.45. The predicted octanol–water partition coefficient (Wildman–Crippen LogP) is 0.970. The number of aromatic amines is 1. The third-order valence-electron chi connectivity index (χ3n) is 4.28. The van der Waals surface area contributed by atoms with Gasteiger partial charge in [-0.3, -0.25) is 4.79 Å². The molecule has 0 fully saturated rings. The van der Waals surface area contributed by atoms with Crippen molar-refractivity contribution in [2.45, 2.75) is 25.3 Å². The van der Waals surface area contributed by atoms with Crippen molar-refractivity contribution < 1.29 is 5.11 Å². The van der Waals surface area contributed by atoms with E-state index in [4.69, 9.17) is 5.73 Å². The van der Waals surface area contributed by atoms with Crippen LogP contribution in [0.3, 0.4) is 0 Å². The number of allylic oxidation sites excluding steroid dienone is 2. The van der Waals surface area contributed by atoms with Crippen LogP contribution in [0.1, 0.15) is 24.6 Å². The maximum Gasteiger partial charge on any atom is 0.248 e. The summed E-state index contributed by atoms with van der Waals surface area (Å²) in [6.45, 7) is 2.05. The summed E-state index contributed by atoms with van der Waals surface area (Å²) < 4.78 is 0. The standard InChI is InChI=1S/C15H18N2O2/c1-2-11-10-5-9(8-18)7-15(11,16)12-3-4-14(19)17-13(12)6-10/h2-5,10,18H,6-8,16H2,1H3,(H,17,19)/t10-,15+/m0/s1. The van der Waals surface area contributed by atoms with Gasteiger partial charge in [-0.1, -0.05) is 12.2 Å². The second-order valence-electron chi connectivity index (χ2n) is 5.40. The van der Waals surface area contributed by atoms with Crippen molar-refractivity contribution in [3.63, 3.8) is 0 Å². The van der Waals surface area contributed by atoms with Gasteiger partial charge in [-0.05, 0) is 42.5 Å². The van der Waals surface area contributed by atoms with Crippen molar-refractivity contribution in [3.8, 4) is 0 Å². The highest BCUT2D eigenvalue weighted by molar-refractivity contribution is 5.49. The van der Waals surface area contributed by atoms with Gasteiger partial charge in [0.05, 0.1) is 12.1 Å². The number of rotatable bonds is 1. The molecule has 0 aliphatic heterocycles. The number of aromatic nitrogens is 1. The second kappa shape index (κ2) is 4.18. The van der Waals surface area contributed by atoms with Crippen LogP contribution in [0.4, 0.5) is 0 Å². The Bertz CT molecular complexity index is 642. The van der Waals surface area contributed by atoms with Crippen LogP contribution in [0.2, 0.25) is 0 Å².